The number of hydrogen-bond acceptors (Lipinski definition) is 3. The zero-order chi connectivity index (χ0) is 18.6. The molecule has 1 N–H and O–H groups in total. The molecule has 134 valence electrons. The Morgan fingerprint density at radius 1 is 1.16 bits per heavy atom. The number of rotatable bonds is 5. The largest absolute Gasteiger partial charge is 0.344 e. The number of aromatic nitrogens is 2. The monoisotopic (exact) mass is 341 g/mol. The molecular formula is C20H27N3O2. The standard InChI is InChI=1S/C20H27N3O2/c1-6-13-23-18(24)12-11-17(22-23)19(25)21-14(2)15-7-9-16(10-8-15)20(3,4)5/h7-12,14H,6,13H2,1-5H3,(H,21,25). The SMILES string of the molecule is CCCn1nc(C(=O)NC(C)c2ccc(C(C)(C)C)cc2)ccc1=O. The van der Waals surface area contributed by atoms with E-state index in [0.29, 0.717) is 6.54 Å². The summed E-state index contributed by atoms with van der Waals surface area (Å²) in [7, 11) is 0. The fourth-order valence-corrected chi connectivity index (χ4v) is 2.57. The van der Waals surface area contributed by atoms with Gasteiger partial charge >= 0.3 is 0 Å². The van der Waals surface area contributed by atoms with E-state index in [1.165, 1.54) is 22.4 Å². The maximum Gasteiger partial charge on any atom is 0.272 e. The molecule has 1 aromatic carbocycles. The van der Waals surface area contributed by atoms with Gasteiger partial charge in [0.05, 0.1) is 6.04 Å². The Kier molecular flexibility index (Phi) is 5.77. The van der Waals surface area contributed by atoms with Crippen molar-refractivity contribution in [2.75, 3.05) is 0 Å². The van der Waals surface area contributed by atoms with Crippen molar-refractivity contribution in [1.29, 1.82) is 0 Å². The van der Waals surface area contributed by atoms with Crippen LogP contribution in [0.5, 0.6) is 0 Å². The highest BCUT2D eigenvalue weighted by Crippen LogP contribution is 2.23. The molecule has 0 spiro atoms. The summed E-state index contributed by atoms with van der Waals surface area (Å²) >= 11 is 0. The maximum atomic E-state index is 12.4. The first-order chi connectivity index (χ1) is 11.7. The molecule has 5 heteroatoms. The average Bonchev–Trinajstić information content (AvgIpc) is 2.56. The summed E-state index contributed by atoms with van der Waals surface area (Å²) in [5.74, 6) is -0.280. The van der Waals surface area contributed by atoms with E-state index in [4.69, 9.17) is 0 Å². The van der Waals surface area contributed by atoms with Gasteiger partial charge < -0.3 is 5.32 Å². The van der Waals surface area contributed by atoms with Gasteiger partial charge in [0, 0.05) is 12.6 Å². The van der Waals surface area contributed by atoms with Crippen molar-refractivity contribution < 1.29 is 4.79 Å². The van der Waals surface area contributed by atoms with Crippen LogP contribution in [0.3, 0.4) is 0 Å². The Morgan fingerprint density at radius 2 is 1.80 bits per heavy atom. The fraction of sp³-hybridized carbons (Fsp3) is 0.450. The van der Waals surface area contributed by atoms with E-state index in [1.54, 1.807) is 0 Å². The molecule has 5 nitrogen and oxygen atoms in total. The lowest BCUT2D eigenvalue weighted by molar-refractivity contribution is 0.0932. The van der Waals surface area contributed by atoms with Gasteiger partial charge in [-0.25, -0.2) is 4.68 Å². The average molecular weight is 341 g/mol. The summed E-state index contributed by atoms with van der Waals surface area (Å²) in [6.45, 7) is 10.9. The smallest absolute Gasteiger partial charge is 0.272 e. The van der Waals surface area contributed by atoms with Gasteiger partial charge in [-0.15, -0.1) is 0 Å². The third-order valence-corrected chi connectivity index (χ3v) is 4.16. The molecule has 1 aromatic heterocycles. The zero-order valence-corrected chi connectivity index (χ0v) is 15.7. The molecule has 0 saturated carbocycles. The molecule has 2 rings (SSSR count). The zero-order valence-electron chi connectivity index (χ0n) is 15.7. The highest BCUT2D eigenvalue weighted by molar-refractivity contribution is 5.92. The normalized spacial score (nSPS) is 12.7. The van der Waals surface area contributed by atoms with E-state index >= 15 is 0 Å². The van der Waals surface area contributed by atoms with Crippen LogP contribution < -0.4 is 10.9 Å². The topological polar surface area (TPSA) is 64.0 Å². The van der Waals surface area contributed by atoms with Crippen LogP contribution in [0, 0.1) is 0 Å². The van der Waals surface area contributed by atoms with Crippen LogP contribution in [0.15, 0.2) is 41.2 Å². The summed E-state index contributed by atoms with van der Waals surface area (Å²) in [6.07, 6.45) is 0.786. The summed E-state index contributed by atoms with van der Waals surface area (Å²) in [5.41, 5.74) is 2.45. The third-order valence-electron chi connectivity index (χ3n) is 4.16. The molecule has 0 bridgehead atoms. The van der Waals surface area contributed by atoms with Crippen LogP contribution >= 0.6 is 0 Å². The molecular weight excluding hydrogens is 314 g/mol. The Hall–Kier alpha value is -2.43. The molecule has 1 amide bonds. The van der Waals surface area contributed by atoms with Gasteiger partial charge in [0.15, 0.2) is 0 Å². The number of nitrogens with one attached hydrogen (secondary N) is 1. The summed E-state index contributed by atoms with van der Waals surface area (Å²) < 4.78 is 1.33. The molecule has 0 fully saturated rings. The predicted octanol–water partition coefficient (Wildman–Crippen LogP) is 3.44. The Labute approximate surface area is 149 Å². The van der Waals surface area contributed by atoms with Crippen molar-refractivity contribution in [3.05, 3.63) is 63.6 Å². The summed E-state index contributed by atoms with van der Waals surface area (Å²) in [4.78, 5) is 24.1. The van der Waals surface area contributed by atoms with Gasteiger partial charge in [-0.05, 0) is 36.0 Å². The number of carbonyl (C=O) groups is 1. The van der Waals surface area contributed by atoms with Gasteiger partial charge in [-0.1, -0.05) is 52.0 Å². The second kappa shape index (κ2) is 7.64. The van der Waals surface area contributed by atoms with Crippen molar-refractivity contribution in [3.63, 3.8) is 0 Å². The van der Waals surface area contributed by atoms with Crippen LogP contribution in [-0.2, 0) is 12.0 Å². The lowest BCUT2D eigenvalue weighted by Crippen LogP contribution is -2.31. The third kappa shape index (κ3) is 4.78. The molecule has 0 radical (unpaired) electrons. The number of nitrogens with zero attached hydrogens (tertiary/aromatic N) is 2. The lowest BCUT2D eigenvalue weighted by atomic mass is 9.86. The van der Waals surface area contributed by atoms with Gasteiger partial charge in [0.25, 0.3) is 11.5 Å². The predicted molar refractivity (Wildman–Crippen MR) is 99.8 cm³/mol. The minimum Gasteiger partial charge on any atom is -0.344 e. The number of amides is 1. The van der Waals surface area contributed by atoms with Gasteiger partial charge in [0.2, 0.25) is 0 Å². The van der Waals surface area contributed by atoms with Crippen LogP contribution in [0.25, 0.3) is 0 Å². The number of aryl methyl sites for hydroxylation is 1. The molecule has 0 aliphatic heterocycles. The summed E-state index contributed by atoms with van der Waals surface area (Å²) in [6, 6.07) is 11.0. The minimum absolute atomic E-state index is 0.0991. The Morgan fingerprint density at radius 3 is 2.36 bits per heavy atom. The number of carbonyl (C=O) groups excluding carboxylic acids is 1. The van der Waals surface area contributed by atoms with Crippen molar-refractivity contribution >= 4 is 5.91 Å². The lowest BCUT2D eigenvalue weighted by Gasteiger charge is -2.20. The highest BCUT2D eigenvalue weighted by Gasteiger charge is 2.16. The molecule has 25 heavy (non-hydrogen) atoms. The quantitative estimate of drug-likeness (QED) is 0.906. The molecule has 1 heterocycles. The van der Waals surface area contributed by atoms with E-state index < -0.39 is 0 Å². The van der Waals surface area contributed by atoms with E-state index in [1.807, 2.05) is 26.0 Å². The fourth-order valence-electron chi connectivity index (χ4n) is 2.57. The first-order valence-electron chi connectivity index (χ1n) is 8.72. The van der Waals surface area contributed by atoms with E-state index in [9.17, 15) is 9.59 Å². The molecule has 1 atom stereocenters. The number of hydrogen-bond donors (Lipinski definition) is 1. The number of benzene rings is 1. The van der Waals surface area contributed by atoms with Crippen LogP contribution in [-0.4, -0.2) is 15.7 Å². The van der Waals surface area contributed by atoms with Crippen LogP contribution in [0.2, 0.25) is 0 Å². The highest BCUT2D eigenvalue weighted by atomic mass is 16.2. The van der Waals surface area contributed by atoms with Crippen LogP contribution in [0.4, 0.5) is 0 Å². The van der Waals surface area contributed by atoms with E-state index in [-0.39, 0.29) is 28.6 Å². The first kappa shape index (κ1) is 18.9. The van der Waals surface area contributed by atoms with Crippen molar-refractivity contribution in [2.24, 2.45) is 0 Å². The minimum atomic E-state index is -0.280. The molecule has 0 aliphatic carbocycles. The van der Waals surface area contributed by atoms with Crippen LogP contribution in [0.1, 0.15) is 68.7 Å². The Balaban J connectivity index is 2.12. The van der Waals surface area contributed by atoms with Gasteiger partial charge in [0.1, 0.15) is 5.69 Å². The van der Waals surface area contributed by atoms with Crippen molar-refractivity contribution in [2.45, 2.75) is 59.0 Å². The van der Waals surface area contributed by atoms with E-state index in [0.717, 1.165) is 12.0 Å². The molecule has 0 aliphatic rings. The van der Waals surface area contributed by atoms with E-state index in [2.05, 4.69) is 43.3 Å². The summed E-state index contributed by atoms with van der Waals surface area (Å²) in [5, 5.41) is 7.09. The molecule has 2 aromatic rings. The second-order valence-corrected chi connectivity index (χ2v) is 7.35. The molecule has 1 unspecified atom stereocenters. The molecule has 0 saturated heterocycles. The maximum absolute atomic E-state index is 12.4. The van der Waals surface area contributed by atoms with Crippen molar-refractivity contribution in [3.8, 4) is 0 Å². The first-order valence-corrected chi connectivity index (χ1v) is 8.72. The Bertz CT molecular complexity index is 786. The second-order valence-electron chi connectivity index (χ2n) is 7.35. The van der Waals surface area contributed by atoms with Gasteiger partial charge in [-0.3, -0.25) is 9.59 Å². The van der Waals surface area contributed by atoms with Gasteiger partial charge in [-0.2, -0.15) is 5.10 Å². The van der Waals surface area contributed by atoms with Crippen molar-refractivity contribution in [1.82, 2.24) is 15.1 Å².